The van der Waals surface area contributed by atoms with E-state index in [2.05, 4.69) is 56.3 Å². The fourth-order valence-electron chi connectivity index (χ4n) is 2.58. The van der Waals surface area contributed by atoms with E-state index >= 15 is 0 Å². The summed E-state index contributed by atoms with van der Waals surface area (Å²) < 4.78 is 6.06. The summed E-state index contributed by atoms with van der Waals surface area (Å²) in [7, 11) is -0.00664. The van der Waals surface area contributed by atoms with Crippen molar-refractivity contribution >= 4 is 10.9 Å². The molecule has 0 saturated heterocycles. The van der Waals surface area contributed by atoms with E-state index in [4.69, 9.17) is 4.74 Å². The molecule has 0 saturated carbocycles. The Morgan fingerprint density at radius 1 is 1.00 bits per heavy atom. The molecule has 0 unspecified atom stereocenters. The molecule has 2 heteroatoms. The average Bonchev–Trinajstić information content (AvgIpc) is 2.52. The van der Waals surface area contributed by atoms with Gasteiger partial charge in [-0.05, 0) is 43.2 Å². The van der Waals surface area contributed by atoms with E-state index in [0.717, 1.165) is 17.9 Å². The molecule has 2 aromatic rings. The minimum absolute atomic E-state index is 0.00664. The highest BCUT2D eigenvalue weighted by Crippen LogP contribution is 2.46. The van der Waals surface area contributed by atoms with Crippen LogP contribution in [0.15, 0.2) is 69.3 Å². The maximum Gasteiger partial charge on any atom is 0.208 e. The number of hydrogen-bond acceptors (Lipinski definition) is 1. The summed E-state index contributed by atoms with van der Waals surface area (Å²) in [4.78, 5) is 4.06. The Balaban J connectivity index is 2.04. The van der Waals surface area contributed by atoms with Crippen LogP contribution in [-0.4, -0.2) is 0 Å². The van der Waals surface area contributed by atoms with Crippen molar-refractivity contribution in [3.05, 3.63) is 59.5 Å². The molecule has 1 aliphatic rings. The van der Waals surface area contributed by atoms with Crippen molar-refractivity contribution in [3.8, 4) is 11.5 Å². The number of hydrogen-bond donors (Lipinski definition) is 0. The molecule has 0 aliphatic carbocycles. The van der Waals surface area contributed by atoms with Crippen LogP contribution in [0.2, 0.25) is 0 Å². The molecule has 2 aromatic carbocycles. The largest absolute Gasteiger partial charge is 0.447 e. The van der Waals surface area contributed by atoms with Gasteiger partial charge in [0.25, 0.3) is 0 Å². The zero-order valence-electron chi connectivity index (χ0n) is 12.6. The Bertz CT molecular complexity index is 615. The first-order valence-electron chi connectivity index (χ1n) is 7.58. The first kappa shape index (κ1) is 14.3. The summed E-state index contributed by atoms with van der Waals surface area (Å²) in [5, 5.41) is 0. The minimum Gasteiger partial charge on any atom is -0.447 e. The quantitative estimate of drug-likeness (QED) is 0.502. The predicted octanol–water partition coefficient (Wildman–Crippen LogP) is 5.92. The Kier molecular flexibility index (Phi) is 4.35. The third kappa shape index (κ3) is 2.86. The molecule has 0 fully saturated rings. The standard InChI is InChI=1S/C19H21OS/c1-3-4-5-10-15(2)21-18-13-8-6-11-16(18)20-17-12-7-9-14-19(17)21/h6-14H,3-5H2,1-2H3/q+1/b15-10+. The van der Waals surface area contributed by atoms with Gasteiger partial charge in [-0.3, -0.25) is 0 Å². The van der Waals surface area contributed by atoms with Crippen LogP contribution in [-0.2, 0) is 10.9 Å². The van der Waals surface area contributed by atoms with Crippen LogP contribution in [0.4, 0.5) is 0 Å². The summed E-state index contributed by atoms with van der Waals surface area (Å²) >= 11 is 0. The Morgan fingerprint density at radius 2 is 1.57 bits per heavy atom. The fourth-order valence-corrected chi connectivity index (χ4v) is 4.85. The van der Waals surface area contributed by atoms with E-state index in [0.29, 0.717) is 0 Å². The molecule has 1 aliphatic heterocycles. The number of fused-ring (bicyclic) bond motifs is 2. The van der Waals surface area contributed by atoms with Gasteiger partial charge in [-0.25, -0.2) is 0 Å². The summed E-state index contributed by atoms with van der Waals surface area (Å²) in [6.45, 7) is 4.50. The van der Waals surface area contributed by atoms with Crippen LogP contribution in [0.5, 0.6) is 11.5 Å². The van der Waals surface area contributed by atoms with Crippen molar-refractivity contribution in [2.75, 3.05) is 0 Å². The lowest BCUT2D eigenvalue weighted by molar-refractivity contribution is 0.453. The second-order valence-corrected chi connectivity index (χ2v) is 7.39. The third-order valence-electron chi connectivity index (χ3n) is 3.67. The molecule has 1 heterocycles. The minimum atomic E-state index is -0.00664. The smallest absolute Gasteiger partial charge is 0.208 e. The number of para-hydroxylation sites is 2. The molecule has 0 atom stereocenters. The normalized spacial score (nSPS) is 14.3. The van der Waals surface area contributed by atoms with Gasteiger partial charge >= 0.3 is 0 Å². The van der Waals surface area contributed by atoms with Gasteiger partial charge < -0.3 is 4.74 Å². The molecular formula is C19H21OS+. The molecule has 21 heavy (non-hydrogen) atoms. The van der Waals surface area contributed by atoms with Gasteiger partial charge in [0.05, 0.1) is 0 Å². The van der Waals surface area contributed by atoms with Crippen molar-refractivity contribution < 1.29 is 4.74 Å². The summed E-state index contributed by atoms with van der Waals surface area (Å²) in [6, 6.07) is 16.9. The lowest BCUT2D eigenvalue weighted by Gasteiger charge is -2.19. The summed E-state index contributed by atoms with van der Waals surface area (Å²) in [5.41, 5.74) is 0. The van der Waals surface area contributed by atoms with E-state index in [9.17, 15) is 0 Å². The van der Waals surface area contributed by atoms with Crippen LogP contribution < -0.4 is 4.74 Å². The van der Waals surface area contributed by atoms with Gasteiger partial charge in [-0.1, -0.05) is 37.6 Å². The molecule has 0 spiro atoms. The second-order valence-electron chi connectivity index (χ2n) is 5.26. The third-order valence-corrected chi connectivity index (χ3v) is 6.03. The summed E-state index contributed by atoms with van der Waals surface area (Å²) in [6.07, 6.45) is 6.07. The van der Waals surface area contributed by atoms with Crippen LogP contribution in [0.3, 0.4) is 0 Å². The maximum absolute atomic E-state index is 6.06. The topological polar surface area (TPSA) is 9.23 Å². The zero-order chi connectivity index (χ0) is 14.7. The Labute approximate surface area is 130 Å². The number of allylic oxidation sites excluding steroid dienone is 2. The Morgan fingerprint density at radius 3 is 2.14 bits per heavy atom. The number of benzene rings is 2. The van der Waals surface area contributed by atoms with Crippen molar-refractivity contribution in [2.24, 2.45) is 0 Å². The maximum atomic E-state index is 6.06. The van der Waals surface area contributed by atoms with Crippen molar-refractivity contribution in [1.82, 2.24) is 0 Å². The summed E-state index contributed by atoms with van der Waals surface area (Å²) in [5.74, 6) is 2.01. The molecule has 0 amide bonds. The second kappa shape index (κ2) is 6.40. The molecular weight excluding hydrogens is 276 g/mol. The fraction of sp³-hybridized carbons (Fsp3) is 0.263. The van der Waals surface area contributed by atoms with Gasteiger partial charge in [0, 0.05) is 6.92 Å². The van der Waals surface area contributed by atoms with E-state index in [-0.39, 0.29) is 10.9 Å². The SMILES string of the molecule is CCCC/C=C(\C)[S+]1c2ccccc2Oc2ccccc21. The van der Waals surface area contributed by atoms with E-state index in [1.807, 2.05) is 12.1 Å². The number of rotatable bonds is 4. The van der Waals surface area contributed by atoms with E-state index in [1.54, 1.807) is 0 Å². The molecule has 0 bridgehead atoms. The van der Waals surface area contributed by atoms with Gasteiger partial charge in [0.2, 0.25) is 9.79 Å². The highest BCUT2D eigenvalue weighted by Gasteiger charge is 2.38. The van der Waals surface area contributed by atoms with Gasteiger partial charge in [0.15, 0.2) is 11.5 Å². The van der Waals surface area contributed by atoms with Gasteiger partial charge in [0.1, 0.15) is 15.8 Å². The van der Waals surface area contributed by atoms with Crippen LogP contribution in [0.25, 0.3) is 0 Å². The highest BCUT2D eigenvalue weighted by molar-refractivity contribution is 8.00. The zero-order valence-corrected chi connectivity index (χ0v) is 13.5. The van der Waals surface area contributed by atoms with Crippen molar-refractivity contribution in [2.45, 2.75) is 42.9 Å². The van der Waals surface area contributed by atoms with Crippen LogP contribution in [0, 0.1) is 0 Å². The van der Waals surface area contributed by atoms with E-state index < -0.39 is 0 Å². The monoisotopic (exact) mass is 297 g/mol. The molecule has 0 aromatic heterocycles. The van der Waals surface area contributed by atoms with Crippen LogP contribution >= 0.6 is 0 Å². The average molecular weight is 297 g/mol. The predicted molar refractivity (Wildman–Crippen MR) is 90.1 cm³/mol. The highest BCUT2D eigenvalue weighted by atomic mass is 32.2. The number of unbranched alkanes of at least 4 members (excludes halogenated alkanes) is 2. The van der Waals surface area contributed by atoms with Crippen molar-refractivity contribution in [1.29, 1.82) is 0 Å². The molecule has 108 valence electrons. The molecule has 3 rings (SSSR count). The van der Waals surface area contributed by atoms with E-state index in [1.165, 1.54) is 27.5 Å². The van der Waals surface area contributed by atoms with Gasteiger partial charge in [-0.2, -0.15) is 0 Å². The first-order valence-corrected chi connectivity index (χ1v) is 8.80. The lowest BCUT2D eigenvalue weighted by atomic mass is 10.2. The van der Waals surface area contributed by atoms with Crippen LogP contribution in [0.1, 0.15) is 33.1 Å². The molecule has 0 radical (unpaired) electrons. The number of ether oxygens (including phenoxy) is 1. The van der Waals surface area contributed by atoms with Crippen molar-refractivity contribution in [3.63, 3.8) is 0 Å². The molecule has 1 nitrogen and oxygen atoms in total. The van der Waals surface area contributed by atoms with Gasteiger partial charge in [-0.15, -0.1) is 0 Å². The lowest BCUT2D eigenvalue weighted by Crippen LogP contribution is -2.12. The molecule has 0 N–H and O–H groups in total. The first-order chi connectivity index (χ1) is 10.3. The Hall–Kier alpha value is -1.67.